The number of nitrogens with one attached hydrogen (secondary N) is 1. The van der Waals surface area contributed by atoms with Gasteiger partial charge in [0, 0.05) is 36.8 Å². The number of esters is 1. The lowest BCUT2D eigenvalue weighted by Crippen LogP contribution is -2.45. The maximum Gasteiger partial charge on any atom is 0.432 e. The second kappa shape index (κ2) is 13.7. The Bertz CT molecular complexity index is 1420. The lowest BCUT2D eigenvalue weighted by Gasteiger charge is -2.40. The fraction of sp³-hybridized carbons (Fsp3) is 0.379. The summed E-state index contributed by atoms with van der Waals surface area (Å²) in [4.78, 5) is 36.8. The highest BCUT2D eigenvalue weighted by Crippen LogP contribution is 2.46. The Hall–Kier alpha value is -4.43. The maximum absolute atomic E-state index is 14.8. The smallest absolute Gasteiger partial charge is 0.432 e. The van der Waals surface area contributed by atoms with Crippen molar-refractivity contribution in [2.75, 3.05) is 20.3 Å². The van der Waals surface area contributed by atoms with Gasteiger partial charge in [0.2, 0.25) is 0 Å². The Balaban J connectivity index is 2.07. The van der Waals surface area contributed by atoms with Crippen LogP contribution in [0.5, 0.6) is 5.75 Å². The zero-order valence-corrected chi connectivity index (χ0v) is 23.8. The van der Waals surface area contributed by atoms with Crippen molar-refractivity contribution in [1.29, 1.82) is 0 Å². The molecule has 0 saturated carbocycles. The van der Waals surface area contributed by atoms with Gasteiger partial charge in [-0.05, 0) is 30.2 Å². The molecule has 0 amide bonds. The van der Waals surface area contributed by atoms with Gasteiger partial charge in [-0.3, -0.25) is 10.1 Å². The molecule has 0 aliphatic carbocycles. The molecule has 2 atom stereocenters. The number of carbonyl (C=O) groups excluding carboxylic acids is 1. The Kier molecular flexibility index (Phi) is 10.5. The van der Waals surface area contributed by atoms with Crippen LogP contribution < -0.4 is 10.1 Å². The number of ether oxygens (including phenoxy) is 2. The minimum Gasteiger partial charge on any atom is -0.491 e. The highest BCUT2D eigenvalue weighted by atomic mass is 19.4. The zero-order valence-electron chi connectivity index (χ0n) is 23.8. The Labute approximate surface area is 245 Å². The molecule has 2 aromatic carbocycles. The number of methoxy groups -OCH3 is 1. The predicted octanol–water partition coefficient (Wildman–Crippen LogP) is 4.06. The molecule has 232 valence electrons. The molecule has 0 saturated heterocycles. The van der Waals surface area contributed by atoms with Crippen LogP contribution in [0, 0.1) is 10.1 Å². The maximum atomic E-state index is 14.8. The molecule has 2 unspecified atom stereocenters. The summed E-state index contributed by atoms with van der Waals surface area (Å²) in [6.07, 6.45) is -5.95. The Morgan fingerprint density at radius 3 is 2.35 bits per heavy atom. The van der Waals surface area contributed by atoms with E-state index in [1.54, 1.807) is 0 Å². The van der Waals surface area contributed by atoms with Crippen molar-refractivity contribution in [2.45, 2.75) is 51.7 Å². The van der Waals surface area contributed by atoms with Crippen LogP contribution >= 0.6 is 0 Å². The number of nitro groups is 1. The highest BCUT2D eigenvalue weighted by Gasteiger charge is 2.50. The molecule has 2 aromatic rings. The van der Waals surface area contributed by atoms with Gasteiger partial charge < -0.3 is 29.9 Å². The van der Waals surface area contributed by atoms with Gasteiger partial charge in [-0.15, -0.1) is 0 Å². The average molecular weight is 608 g/mol. The largest absolute Gasteiger partial charge is 0.491 e. The number of nitro benzene ring substituents is 1. The molecule has 0 spiro atoms. The number of benzene rings is 2. The number of aliphatic hydroxyl groups is 1. The monoisotopic (exact) mass is 607 g/mol. The summed E-state index contributed by atoms with van der Waals surface area (Å²) in [5.74, 6) is -2.73. The van der Waals surface area contributed by atoms with Crippen molar-refractivity contribution in [2.24, 2.45) is 0 Å². The third-order valence-electron chi connectivity index (χ3n) is 6.64. The van der Waals surface area contributed by atoms with E-state index in [1.165, 1.54) is 43.3 Å². The number of carbonyl (C=O) groups is 2. The summed E-state index contributed by atoms with van der Waals surface area (Å²) in [6.45, 7) is 4.90. The summed E-state index contributed by atoms with van der Waals surface area (Å²) in [7, 11) is 0.853. The number of allylic oxidation sites excluding steroid dienone is 1. The summed E-state index contributed by atoms with van der Waals surface area (Å²) in [5.41, 5.74) is -4.14. The zero-order chi connectivity index (χ0) is 32.1. The molecular formula is C29H32F3N3O8. The Morgan fingerprint density at radius 2 is 1.81 bits per heavy atom. The first-order valence-corrected chi connectivity index (χ1v) is 13.2. The van der Waals surface area contributed by atoms with E-state index in [4.69, 9.17) is 4.74 Å². The van der Waals surface area contributed by atoms with Gasteiger partial charge in [-0.25, -0.2) is 9.59 Å². The van der Waals surface area contributed by atoms with Gasteiger partial charge >= 0.3 is 18.1 Å². The average Bonchev–Trinajstić information content (AvgIpc) is 2.94. The van der Waals surface area contributed by atoms with E-state index < -0.39 is 69.8 Å². The third-order valence-corrected chi connectivity index (χ3v) is 6.64. The minimum atomic E-state index is -5.16. The normalized spacial score (nSPS) is 16.4. The first kappa shape index (κ1) is 33.1. The minimum absolute atomic E-state index is 0.0289. The van der Waals surface area contributed by atoms with Crippen molar-refractivity contribution in [3.05, 3.63) is 86.6 Å². The molecule has 1 aliphatic rings. The van der Waals surface area contributed by atoms with Crippen LogP contribution in [0.4, 0.5) is 18.9 Å². The number of halogens is 3. The van der Waals surface area contributed by atoms with E-state index in [0.29, 0.717) is 17.9 Å². The molecule has 1 heterocycles. The molecule has 0 aromatic heterocycles. The molecule has 3 rings (SSSR count). The van der Waals surface area contributed by atoms with Gasteiger partial charge in [0.15, 0.2) is 0 Å². The second-order valence-electron chi connectivity index (χ2n) is 10.1. The fourth-order valence-corrected chi connectivity index (χ4v) is 4.65. The van der Waals surface area contributed by atoms with Crippen LogP contribution in [-0.4, -0.2) is 76.6 Å². The van der Waals surface area contributed by atoms with Gasteiger partial charge in [0.05, 0.1) is 29.2 Å². The number of aliphatic hydroxyl groups excluding tert-OH is 1. The molecule has 43 heavy (non-hydrogen) atoms. The summed E-state index contributed by atoms with van der Waals surface area (Å²) in [6, 6.07) is 9.05. The van der Waals surface area contributed by atoms with Crippen molar-refractivity contribution < 1.29 is 47.4 Å². The van der Waals surface area contributed by atoms with Gasteiger partial charge in [0.25, 0.3) is 5.69 Å². The van der Waals surface area contributed by atoms with E-state index in [0.717, 1.165) is 24.1 Å². The van der Waals surface area contributed by atoms with Crippen molar-refractivity contribution in [1.82, 2.24) is 10.2 Å². The number of hydrogen-bond donors (Lipinski definition) is 3. The third kappa shape index (κ3) is 7.90. The second-order valence-corrected chi connectivity index (χ2v) is 10.1. The number of non-ortho nitro benzene ring substituents is 1. The molecule has 1 aliphatic heterocycles. The predicted molar refractivity (Wildman–Crippen MR) is 149 cm³/mol. The highest BCUT2D eigenvalue weighted by molar-refractivity contribution is 6.14. The number of hydrogen-bond acceptors (Lipinski definition) is 9. The SMILES string of the molecule is COC(=O)C1=C(C(F)(F)F)N(Cc2ccc(OCC(O)CNC(C)C)cc2)C(C)C(C(=O)O)=C1c1cccc([N+](=O)[O-])c1. The van der Waals surface area contributed by atoms with Crippen LogP contribution in [0.3, 0.4) is 0 Å². The van der Waals surface area contributed by atoms with Crippen LogP contribution in [0.15, 0.2) is 65.4 Å². The molecule has 11 nitrogen and oxygen atoms in total. The number of aliphatic carboxylic acids is 1. The van der Waals surface area contributed by atoms with E-state index >= 15 is 0 Å². The van der Waals surface area contributed by atoms with Crippen LogP contribution in [0.2, 0.25) is 0 Å². The first-order chi connectivity index (χ1) is 20.1. The van der Waals surface area contributed by atoms with E-state index in [1.807, 2.05) is 13.8 Å². The van der Waals surface area contributed by atoms with Crippen LogP contribution in [0.25, 0.3) is 5.57 Å². The summed E-state index contributed by atoms with van der Waals surface area (Å²) < 4.78 is 54.5. The molecule has 14 heteroatoms. The topological polar surface area (TPSA) is 151 Å². The van der Waals surface area contributed by atoms with E-state index in [2.05, 4.69) is 10.1 Å². The molecule has 3 N–H and O–H groups in total. The lowest BCUT2D eigenvalue weighted by molar-refractivity contribution is -0.384. The summed E-state index contributed by atoms with van der Waals surface area (Å²) >= 11 is 0. The van der Waals surface area contributed by atoms with Crippen LogP contribution in [-0.2, 0) is 20.9 Å². The molecule has 0 fully saturated rings. The molecule has 0 bridgehead atoms. The molecule has 0 radical (unpaired) electrons. The Morgan fingerprint density at radius 1 is 1.16 bits per heavy atom. The number of carboxylic acid groups (broad SMARTS) is 1. The first-order valence-electron chi connectivity index (χ1n) is 13.2. The van der Waals surface area contributed by atoms with Gasteiger partial charge in [-0.1, -0.05) is 38.1 Å². The number of nitrogens with zero attached hydrogens (tertiary/aromatic N) is 2. The summed E-state index contributed by atoms with van der Waals surface area (Å²) in [5, 5.41) is 34.6. The van der Waals surface area contributed by atoms with E-state index in [-0.39, 0.29) is 18.2 Å². The van der Waals surface area contributed by atoms with Crippen LogP contribution in [0.1, 0.15) is 31.9 Å². The number of carboxylic acids is 1. The molecular weight excluding hydrogens is 575 g/mol. The standard InChI is InChI=1S/C29H32F3N3O8/c1-16(2)33-13-21(36)15-43-22-10-8-18(9-11-22)14-34-17(3)23(27(37)38)24(19-6-5-7-20(12-19)35(40)41)25(28(39)42-4)26(34)29(30,31)32/h5-12,16-17,21,33,36H,13-15H2,1-4H3,(H,37,38). The van der Waals surface area contributed by atoms with Gasteiger partial charge in [-0.2, -0.15) is 13.2 Å². The van der Waals surface area contributed by atoms with E-state index in [9.17, 15) is 43.1 Å². The number of rotatable bonds is 12. The van der Waals surface area contributed by atoms with Crippen molar-refractivity contribution >= 4 is 23.2 Å². The van der Waals surface area contributed by atoms with Gasteiger partial charge in [0.1, 0.15) is 24.2 Å². The fourth-order valence-electron chi connectivity index (χ4n) is 4.65. The van der Waals surface area contributed by atoms with Crippen molar-refractivity contribution in [3.8, 4) is 5.75 Å². The number of alkyl halides is 3. The quantitative estimate of drug-likeness (QED) is 0.183. The lowest BCUT2D eigenvalue weighted by atomic mass is 9.83. The van der Waals surface area contributed by atoms with Crippen molar-refractivity contribution in [3.63, 3.8) is 0 Å².